The predicted molar refractivity (Wildman–Crippen MR) is 146 cm³/mol. The lowest BCUT2D eigenvalue weighted by Gasteiger charge is -2.36. The van der Waals surface area contributed by atoms with Crippen LogP contribution in [0.4, 0.5) is 0 Å². The van der Waals surface area contributed by atoms with E-state index < -0.39 is 20.3 Å². The van der Waals surface area contributed by atoms with Crippen molar-refractivity contribution in [1.82, 2.24) is 9.97 Å². The number of carbonyl (C=O) groups is 2. The van der Waals surface area contributed by atoms with Gasteiger partial charge in [-0.1, -0.05) is 32.9 Å². The Morgan fingerprint density at radius 3 is 1.70 bits per heavy atom. The molecular formula is C28H32N2O6Si. The van der Waals surface area contributed by atoms with Gasteiger partial charge in [0.25, 0.3) is 0 Å². The Bertz CT molecular complexity index is 1450. The number of phenolic OH excluding ortho intramolecular Hbond substituents is 1. The summed E-state index contributed by atoms with van der Waals surface area (Å²) < 4.78 is 15.6. The number of aromatic hydroxyl groups is 1. The molecule has 0 bridgehead atoms. The van der Waals surface area contributed by atoms with Gasteiger partial charge in [-0.25, -0.2) is 19.6 Å². The average molecular weight is 521 g/mol. The predicted octanol–water partition coefficient (Wildman–Crippen LogP) is 6.13. The smallest absolute Gasteiger partial charge is 0.356 e. The molecular weight excluding hydrogens is 488 g/mol. The Labute approximate surface area is 217 Å². The maximum Gasteiger partial charge on any atom is 0.356 e. The van der Waals surface area contributed by atoms with Gasteiger partial charge in [0.1, 0.15) is 22.9 Å². The van der Waals surface area contributed by atoms with E-state index in [0.29, 0.717) is 11.2 Å². The van der Waals surface area contributed by atoms with Crippen molar-refractivity contribution in [3.8, 4) is 11.5 Å². The van der Waals surface area contributed by atoms with Gasteiger partial charge in [-0.15, -0.1) is 0 Å². The van der Waals surface area contributed by atoms with Gasteiger partial charge >= 0.3 is 11.9 Å². The van der Waals surface area contributed by atoms with Crippen LogP contribution in [-0.4, -0.2) is 49.6 Å². The largest absolute Gasteiger partial charge is 0.543 e. The summed E-state index contributed by atoms with van der Waals surface area (Å²) in [5.41, 5.74) is 1.84. The maximum atomic E-state index is 11.6. The van der Waals surface area contributed by atoms with Crippen molar-refractivity contribution < 1.29 is 28.6 Å². The molecule has 0 atom stereocenters. The fourth-order valence-corrected chi connectivity index (χ4v) is 4.17. The number of fused-ring (bicyclic) bond motifs is 2. The minimum absolute atomic E-state index is 0.122. The number of rotatable bonds is 4. The number of phenols is 1. The molecule has 1 N–H and O–H groups in total. The maximum absolute atomic E-state index is 11.6. The van der Waals surface area contributed by atoms with Crippen LogP contribution >= 0.6 is 0 Å². The molecule has 0 spiro atoms. The van der Waals surface area contributed by atoms with Gasteiger partial charge in [-0.3, -0.25) is 0 Å². The van der Waals surface area contributed by atoms with Crippen LogP contribution in [0.25, 0.3) is 21.8 Å². The van der Waals surface area contributed by atoms with Crippen LogP contribution in [0, 0.1) is 0 Å². The van der Waals surface area contributed by atoms with Crippen LogP contribution in [0.1, 0.15) is 41.7 Å². The molecule has 4 rings (SSSR count). The van der Waals surface area contributed by atoms with E-state index in [-0.39, 0.29) is 16.5 Å². The summed E-state index contributed by atoms with van der Waals surface area (Å²) in [5, 5.41) is 11.2. The van der Waals surface area contributed by atoms with Crippen molar-refractivity contribution >= 4 is 42.1 Å². The van der Waals surface area contributed by atoms with Crippen molar-refractivity contribution in [1.29, 1.82) is 0 Å². The average Bonchev–Trinajstić information content (AvgIpc) is 2.86. The molecule has 0 saturated heterocycles. The van der Waals surface area contributed by atoms with Gasteiger partial charge in [-0.2, -0.15) is 0 Å². The highest BCUT2D eigenvalue weighted by Crippen LogP contribution is 2.37. The highest BCUT2D eigenvalue weighted by Gasteiger charge is 2.39. The first-order valence-corrected chi connectivity index (χ1v) is 14.6. The first kappa shape index (κ1) is 27.6. The van der Waals surface area contributed by atoms with Crippen molar-refractivity contribution in [2.75, 3.05) is 14.2 Å². The number of carbonyl (C=O) groups excluding carboxylic acids is 2. The van der Waals surface area contributed by atoms with E-state index in [0.717, 1.165) is 22.0 Å². The molecule has 2 aromatic heterocycles. The normalized spacial score (nSPS) is 11.4. The second kappa shape index (κ2) is 11.0. The van der Waals surface area contributed by atoms with Crippen molar-refractivity contribution in [2.45, 2.75) is 38.9 Å². The third kappa shape index (κ3) is 6.62. The Morgan fingerprint density at radius 1 is 0.757 bits per heavy atom. The molecule has 0 aliphatic rings. The molecule has 8 nitrogen and oxygen atoms in total. The molecule has 2 heterocycles. The lowest BCUT2D eigenvalue weighted by molar-refractivity contribution is 0.0586. The minimum Gasteiger partial charge on any atom is -0.543 e. The number of pyridine rings is 2. The summed E-state index contributed by atoms with van der Waals surface area (Å²) in [4.78, 5) is 31.2. The minimum atomic E-state index is -1.89. The zero-order chi connectivity index (χ0) is 27.4. The van der Waals surface area contributed by atoms with Crippen molar-refractivity contribution in [2.24, 2.45) is 0 Å². The molecule has 4 aromatic rings. The Hall–Kier alpha value is -3.98. The molecule has 0 saturated carbocycles. The zero-order valence-electron chi connectivity index (χ0n) is 22.2. The standard InChI is InChI=1S/C17H23NO3Si.C11H9NO3/c1-17(2,3)22(5,6)21-13-9-7-12-8-10-14(16(19)20-4)18-15(12)11-13;1-15-11(14)9-5-3-7-2-4-8(13)6-10(7)12-9/h7-11H,1-6H3;2-6,13H,1H3. The topological polar surface area (TPSA) is 108 Å². The lowest BCUT2D eigenvalue weighted by Crippen LogP contribution is -2.43. The molecule has 0 radical (unpaired) electrons. The summed E-state index contributed by atoms with van der Waals surface area (Å²) in [6, 6.07) is 17.5. The number of hydrogen-bond acceptors (Lipinski definition) is 8. The molecule has 37 heavy (non-hydrogen) atoms. The van der Waals surface area contributed by atoms with Crippen molar-refractivity contribution in [3.63, 3.8) is 0 Å². The number of benzene rings is 2. The number of esters is 2. The van der Waals surface area contributed by atoms with Gasteiger partial charge in [0.15, 0.2) is 0 Å². The van der Waals surface area contributed by atoms with Crippen molar-refractivity contribution in [3.05, 3.63) is 72.1 Å². The van der Waals surface area contributed by atoms with Crippen LogP contribution in [-0.2, 0) is 9.47 Å². The van der Waals surface area contributed by atoms with Gasteiger partial charge in [0.05, 0.1) is 25.3 Å². The summed E-state index contributed by atoms with van der Waals surface area (Å²) in [5.74, 6) is 0.00323. The summed E-state index contributed by atoms with van der Waals surface area (Å²) in [6.45, 7) is 11.0. The Kier molecular flexibility index (Phi) is 8.17. The van der Waals surface area contributed by atoms with Crippen LogP contribution in [0.3, 0.4) is 0 Å². The highest BCUT2D eigenvalue weighted by molar-refractivity contribution is 6.74. The molecule has 0 unspecified atom stereocenters. The van der Waals surface area contributed by atoms with E-state index in [1.807, 2.05) is 24.3 Å². The fourth-order valence-electron chi connectivity index (χ4n) is 3.15. The van der Waals surface area contributed by atoms with E-state index in [1.54, 1.807) is 30.3 Å². The molecule has 0 amide bonds. The number of ether oxygens (including phenoxy) is 2. The number of aromatic nitrogens is 2. The number of nitrogens with zero attached hydrogens (tertiary/aromatic N) is 2. The molecule has 0 fully saturated rings. The van der Waals surface area contributed by atoms with E-state index in [4.69, 9.17) is 9.16 Å². The summed E-state index contributed by atoms with van der Waals surface area (Å²) in [6.07, 6.45) is 0. The lowest BCUT2D eigenvalue weighted by atomic mass is 10.2. The first-order valence-electron chi connectivity index (χ1n) is 11.7. The van der Waals surface area contributed by atoms with Crippen LogP contribution in [0.2, 0.25) is 18.1 Å². The fraction of sp³-hybridized carbons (Fsp3) is 0.286. The second-order valence-electron chi connectivity index (χ2n) is 9.97. The third-order valence-corrected chi connectivity index (χ3v) is 10.7. The second-order valence-corrected chi connectivity index (χ2v) is 14.7. The quantitative estimate of drug-likeness (QED) is 0.253. The van der Waals surface area contributed by atoms with Gasteiger partial charge in [-0.05, 0) is 54.5 Å². The zero-order valence-corrected chi connectivity index (χ0v) is 23.2. The molecule has 0 aliphatic heterocycles. The molecule has 194 valence electrons. The number of methoxy groups -OCH3 is 2. The summed E-state index contributed by atoms with van der Waals surface area (Å²) >= 11 is 0. The molecule has 0 aliphatic carbocycles. The Balaban J connectivity index is 0.000000220. The van der Waals surface area contributed by atoms with E-state index >= 15 is 0 Å². The van der Waals surface area contributed by atoms with Crippen LogP contribution in [0.5, 0.6) is 11.5 Å². The van der Waals surface area contributed by atoms with E-state index in [2.05, 4.69) is 48.6 Å². The highest BCUT2D eigenvalue weighted by atomic mass is 28.4. The monoisotopic (exact) mass is 520 g/mol. The van der Waals surface area contributed by atoms with Gasteiger partial charge in [0, 0.05) is 22.9 Å². The number of hydrogen-bond donors (Lipinski definition) is 1. The summed E-state index contributed by atoms with van der Waals surface area (Å²) in [7, 11) is 0.760. The Morgan fingerprint density at radius 2 is 1.22 bits per heavy atom. The van der Waals surface area contributed by atoms with Crippen LogP contribution in [0.15, 0.2) is 60.7 Å². The van der Waals surface area contributed by atoms with E-state index in [1.165, 1.54) is 20.3 Å². The van der Waals surface area contributed by atoms with E-state index in [9.17, 15) is 14.7 Å². The molecule has 2 aromatic carbocycles. The first-order chi connectivity index (χ1) is 17.3. The third-order valence-electron chi connectivity index (χ3n) is 6.31. The SMILES string of the molecule is COC(=O)c1ccc2ccc(O)cc2n1.COC(=O)c1ccc2ccc(O[Si](C)(C)C(C)(C)C)cc2n1. The van der Waals surface area contributed by atoms with Crippen LogP contribution < -0.4 is 4.43 Å². The van der Waals surface area contributed by atoms with Gasteiger partial charge < -0.3 is 19.0 Å². The van der Waals surface area contributed by atoms with Gasteiger partial charge in [0.2, 0.25) is 8.32 Å². The molecule has 9 heteroatoms.